The molecule has 0 aromatic heterocycles. The van der Waals surface area contributed by atoms with E-state index in [1.807, 2.05) is 0 Å². The molecule has 0 radical (unpaired) electrons. The summed E-state index contributed by atoms with van der Waals surface area (Å²) in [7, 11) is 0. The fourth-order valence-corrected chi connectivity index (χ4v) is 2.43. The summed E-state index contributed by atoms with van der Waals surface area (Å²) in [6.45, 7) is 9.53. The van der Waals surface area contributed by atoms with Crippen LogP contribution >= 0.6 is 0 Å². The summed E-state index contributed by atoms with van der Waals surface area (Å²) in [5.41, 5.74) is 0.673. The Morgan fingerprint density at radius 3 is 2.08 bits per heavy atom. The zero-order valence-electron chi connectivity index (χ0n) is 9.19. The van der Waals surface area contributed by atoms with Crippen molar-refractivity contribution in [3.05, 3.63) is 0 Å². The maximum Gasteiger partial charge on any atom is -0.0295 e. The maximum absolute atomic E-state index is 2.42. The second-order valence-electron chi connectivity index (χ2n) is 5.07. The second-order valence-corrected chi connectivity index (χ2v) is 5.07. The monoisotopic (exact) mass is 168 g/mol. The van der Waals surface area contributed by atoms with Crippen LogP contribution in [0.5, 0.6) is 0 Å². The van der Waals surface area contributed by atoms with Crippen molar-refractivity contribution in [2.45, 2.75) is 59.8 Å². The Labute approximate surface area is 77.7 Å². The highest BCUT2D eigenvalue weighted by atomic mass is 14.6. The predicted molar refractivity (Wildman–Crippen MR) is 55.2 cm³/mol. The van der Waals surface area contributed by atoms with Crippen LogP contribution in [0.3, 0.4) is 0 Å². The quantitative estimate of drug-likeness (QED) is 0.538. The summed E-state index contributed by atoms with van der Waals surface area (Å²) in [6.07, 6.45) is 7.20. The number of hydrogen-bond acceptors (Lipinski definition) is 0. The van der Waals surface area contributed by atoms with E-state index in [0.29, 0.717) is 5.41 Å². The average Bonchev–Trinajstić information content (AvgIpc) is 2.47. The van der Waals surface area contributed by atoms with Crippen LogP contribution in [-0.4, -0.2) is 0 Å². The first-order valence-corrected chi connectivity index (χ1v) is 5.60. The summed E-state index contributed by atoms with van der Waals surface area (Å²) in [5, 5.41) is 0. The van der Waals surface area contributed by atoms with Crippen molar-refractivity contribution in [1.82, 2.24) is 0 Å². The van der Waals surface area contributed by atoms with E-state index in [1.54, 1.807) is 0 Å². The summed E-state index contributed by atoms with van der Waals surface area (Å²) >= 11 is 0. The van der Waals surface area contributed by atoms with E-state index in [0.717, 1.165) is 11.8 Å². The molecule has 2 unspecified atom stereocenters. The van der Waals surface area contributed by atoms with Crippen molar-refractivity contribution >= 4 is 0 Å². The Bertz CT molecular complexity index is 135. The molecule has 0 aromatic carbocycles. The summed E-state index contributed by atoms with van der Waals surface area (Å²) < 4.78 is 0. The van der Waals surface area contributed by atoms with Crippen molar-refractivity contribution in [3.63, 3.8) is 0 Å². The van der Waals surface area contributed by atoms with Crippen LogP contribution in [0.25, 0.3) is 0 Å². The van der Waals surface area contributed by atoms with Gasteiger partial charge in [-0.1, -0.05) is 53.4 Å². The summed E-state index contributed by atoms with van der Waals surface area (Å²) in [4.78, 5) is 0. The standard InChI is InChI=1S/C12H24/c1-5-6-7-8-9-11-10(2)12(11,3)4/h10-11H,5-9H2,1-4H3. The van der Waals surface area contributed by atoms with E-state index in [2.05, 4.69) is 27.7 Å². The molecule has 0 aliphatic heterocycles. The first kappa shape index (κ1) is 10.1. The molecule has 72 valence electrons. The van der Waals surface area contributed by atoms with Gasteiger partial charge in [0, 0.05) is 0 Å². The van der Waals surface area contributed by atoms with E-state index in [-0.39, 0.29) is 0 Å². The molecule has 0 N–H and O–H groups in total. The molecule has 12 heavy (non-hydrogen) atoms. The normalized spacial score (nSPS) is 32.0. The minimum Gasteiger partial charge on any atom is -0.0654 e. The van der Waals surface area contributed by atoms with Gasteiger partial charge in [-0.15, -0.1) is 0 Å². The molecule has 1 aliphatic carbocycles. The highest BCUT2D eigenvalue weighted by Gasteiger charge is 2.53. The van der Waals surface area contributed by atoms with Crippen molar-refractivity contribution in [2.24, 2.45) is 17.3 Å². The lowest BCUT2D eigenvalue weighted by Crippen LogP contribution is -1.90. The van der Waals surface area contributed by atoms with Gasteiger partial charge in [-0.05, 0) is 23.7 Å². The minimum atomic E-state index is 0.673. The molecule has 0 aromatic rings. The molecule has 0 heterocycles. The van der Waals surface area contributed by atoms with Gasteiger partial charge in [0.25, 0.3) is 0 Å². The van der Waals surface area contributed by atoms with Gasteiger partial charge in [0.1, 0.15) is 0 Å². The van der Waals surface area contributed by atoms with Crippen molar-refractivity contribution < 1.29 is 0 Å². The molecule has 0 saturated heterocycles. The van der Waals surface area contributed by atoms with Gasteiger partial charge in [0.05, 0.1) is 0 Å². The van der Waals surface area contributed by atoms with Gasteiger partial charge in [-0.3, -0.25) is 0 Å². The fraction of sp³-hybridized carbons (Fsp3) is 1.00. The highest BCUT2D eigenvalue weighted by molar-refractivity contribution is 5.01. The fourth-order valence-electron chi connectivity index (χ4n) is 2.43. The lowest BCUT2D eigenvalue weighted by molar-refractivity contribution is 0.501. The zero-order chi connectivity index (χ0) is 9.19. The first-order valence-electron chi connectivity index (χ1n) is 5.60. The van der Waals surface area contributed by atoms with Crippen molar-refractivity contribution in [1.29, 1.82) is 0 Å². The Morgan fingerprint density at radius 2 is 1.67 bits per heavy atom. The smallest absolute Gasteiger partial charge is 0.0295 e. The summed E-state index contributed by atoms with van der Waals surface area (Å²) in [6, 6.07) is 0. The van der Waals surface area contributed by atoms with Gasteiger partial charge in [-0.25, -0.2) is 0 Å². The Morgan fingerprint density at radius 1 is 1.08 bits per heavy atom. The molecule has 0 nitrogen and oxygen atoms in total. The minimum absolute atomic E-state index is 0.673. The first-order chi connectivity index (χ1) is 5.60. The van der Waals surface area contributed by atoms with Gasteiger partial charge in [0.2, 0.25) is 0 Å². The van der Waals surface area contributed by atoms with Crippen LogP contribution in [0.2, 0.25) is 0 Å². The van der Waals surface area contributed by atoms with Crippen molar-refractivity contribution in [2.75, 3.05) is 0 Å². The average molecular weight is 168 g/mol. The van der Waals surface area contributed by atoms with Gasteiger partial charge in [-0.2, -0.15) is 0 Å². The predicted octanol–water partition coefficient (Wildman–Crippen LogP) is 4.25. The molecule has 1 saturated carbocycles. The van der Waals surface area contributed by atoms with E-state index in [4.69, 9.17) is 0 Å². The third kappa shape index (κ3) is 2.02. The van der Waals surface area contributed by atoms with Gasteiger partial charge >= 0.3 is 0 Å². The molecule has 0 spiro atoms. The maximum atomic E-state index is 2.42. The van der Waals surface area contributed by atoms with Crippen LogP contribution in [0.15, 0.2) is 0 Å². The van der Waals surface area contributed by atoms with Gasteiger partial charge in [0.15, 0.2) is 0 Å². The van der Waals surface area contributed by atoms with E-state index in [9.17, 15) is 0 Å². The molecule has 1 aliphatic rings. The molecule has 1 rings (SSSR count). The Hall–Kier alpha value is 0. The second kappa shape index (κ2) is 3.81. The van der Waals surface area contributed by atoms with Gasteiger partial charge < -0.3 is 0 Å². The van der Waals surface area contributed by atoms with Crippen LogP contribution in [-0.2, 0) is 0 Å². The van der Waals surface area contributed by atoms with E-state index in [1.165, 1.54) is 32.1 Å². The topological polar surface area (TPSA) is 0 Å². The molecule has 0 bridgehead atoms. The Balaban J connectivity index is 2.03. The van der Waals surface area contributed by atoms with E-state index < -0.39 is 0 Å². The third-order valence-corrected chi connectivity index (χ3v) is 3.99. The summed E-state index contributed by atoms with van der Waals surface area (Å²) in [5.74, 6) is 2.02. The number of hydrogen-bond donors (Lipinski definition) is 0. The van der Waals surface area contributed by atoms with Crippen molar-refractivity contribution in [3.8, 4) is 0 Å². The Kier molecular flexibility index (Phi) is 3.20. The van der Waals surface area contributed by atoms with E-state index >= 15 is 0 Å². The zero-order valence-corrected chi connectivity index (χ0v) is 9.19. The van der Waals surface area contributed by atoms with Crippen LogP contribution in [0, 0.1) is 17.3 Å². The molecular formula is C12H24. The number of rotatable bonds is 5. The van der Waals surface area contributed by atoms with Crippen LogP contribution < -0.4 is 0 Å². The molecule has 2 atom stereocenters. The molecule has 1 fully saturated rings. The molecule has 0 amide bonds. The molecule has 0 heteroatoms. The lowest BCUT2D eigenvalue weighted by atomic mass is 10.0. The molecular weight excluding hydrogens is 144 g/mol. The van der Waals surface area contributed by atoms with Crippen LogP contribution in [0.1, 0.15) is 59.8 Å². The SMILES string of the molecule is CCCCCCC1C(C)C1(C)C. The third-order valence-electron chi connectivity index (χ3n) is 3.99. The van der Waals surface area contributed by atoms with Crippen LogP contribution in [0.4, 0.5) is 0 Å². The largest absolute Gasteiger partial charge is 0.0654 e. The number of unbranched alkanes of at least 4 members (excludes halogenated alkanes) is 3. The highest BCUT2D eigenvalue weighted by Crippen LogP contribution is 2.60. The lowest BCUT2D eigenvalue weighted by Gasteiger charge is -2.01.